The fraction of sp³-hybridized carbons (Fsp3) is 0. The summed E-state index contributed by atoms with van der Waals surface area (Å²) in [5.74, 6) is -0.720. The summed E-state index contributed by atoms with van der Waals surface area (Å²) in [4.78, 5) is 13.3. The van der Waals surface area contributed by atoms with E-state index in [1.165, 1.54) is 36.6 Å². The molecular weight excluding hydrogens is 292 g/mol. The van der Waals surface area contributed by atoms with Gasteiger partial charge in [0.1, 0.15) is 4.90 Å². The molecule has 0 bridgehead atoms. The lowest BCUT2D eigenvalue weighted by Crippen LogP contribution is -2.41. The Hall–Kier alpha value is -1.83. The van der Waals surface area contributed by atoms with Crippen LogP contribution in [0, 0.1) is 0 Å². The normalized spacial score (nSPS) is 11.2. The molecule has 1 aromatic heterocycles. The van der Waals surface area contributed by atoms with Crippen molar-refractivity contribution in [3.63, 3.8) is 0 Å². The van der Waals surface area contributed by atoms with Crippen LogP contribution in [0.2, 0.25) is 5.02 Å². The Morgan fingerprint density at radius 2 is 1.89 bits per heavy atom. The lowest BCUT2D eigenvalue weighted by Gasteiger charge is -2.08. The Kier molecular flexibility index (Phi) is 3.89. The zero-order valence-electron chi connectivity index (χ0n) is 9.46. The second-order valence-corrected chi connectivity index (χ2v) is 5.53. The number of hydrogen-bond acceptors (Lipinski definition) is 4. The topological polar surface area (TPSA) is 88.4 Å². The van der Waals surface area contributed by atoms with E-state index in [1.807, 2.05) is 10.3 Å². The first kappa shape index (κ1) is 13.6. The molecule has 0 saturated carbocycles. The van der Waals surface area contributed by atoms with E-state index in [0.717, 1.165) is 0 Å². The average molecular weight is 301 g/mol. The van der Waals surface area contributed by atoms with Crippen molar-refractivity contribution in [2.75, 3.05) is 0 Å². The van der Waals surface area contributed by atoms with Gasteiger partial charge in [-0.2, -0.15) is 0 Å². The number of sulfonamides is 1. The van der Waals surface area contributed by atoms with Gasteiger partial charge in [-0.3, -0.25) is 10.2 Å². The third-order valence-corrected chi connectivity index (χ3v) is 3.92. The van der Waals surface area contributed by atoms with E-state index in [0.29, 0.717) is 0 Å². The SMILES string of the molecule is O=C(NNS(=O)(=O)c1ccccc1Cl)c1ccco1. The lowest BCUT2D eigenvalue weighted by atomic mass is 10.4. The van der Waals surface area contributed by atoms with Crippen LogP contribution in [0.1, 0.15) is 10.6 Å². The molecule has 100 valence electrons. The fourth-order valence-electron chi connectivity index (χ4n) is 1.30. The molecule has 1 aromatic carbocycles. The van der Waals surface area contributed by atoms with Gasteiger partial charge in [0.25, 0.3) is 10.0 Å². The summed E-state index contributed by atoms with van der Waals surface area (Å²) in [6, 6.07) is 8.79. The Labute approximate surface area is 114 Å². The third-order valence-electron chi connectivity index (χ3n) is 2.17. The Bertz CT molecular complexity index is 682. The van der Waals surface area contributed by atoms with Crippen LogP contribution in [-0.4, -0.2) is 14.3 Å². The highest BCUT2D eigenvalue weighted by Crippen LogP contribution is 2.19. The minimum Gasteiger partial charge on any atom is -0.459 e. The molecule has 0 saturated heterocycles. The van der Waals surface area contributed by atoms with E-state index in [1.54, 1.807) is 6.07 Å². The molecule has 19 heavy (non-hydrogen) atoms. The largest absolute Gasteiger partial charge is 0.459 e. The fourth-order valence-corrected chi connectivity index (χ4v) is 2.66. The van der Waals surface area contributed by atoms with Gasteiger partial charge in [0.05, 0.1) is 11.3 Å². The molecule has 8 heteroatoms. The quantitative estimate of drug-likeness (QED) is 0.839. The molecule has 1 heterocycles. The van der Waals surface area contributed by atoms with Crippen LogP contribution >= 0.6 is 11.6 Å². The van der Waals surface area contributed by atoms with Crippen LogP contribution in [0.4, 0.5) is 0 Å². The molecule has 0 aliphatic rings. The van der Waals surface area contributed by atoms with E-state index in [4.69, 9.17) is 16.0 Å². The van der Waals surface area contributed by atoms with E-state index in [9.17, 15) is 13.2 Å². The van der Waals surface area contributed by atoms with Crippen LogP contribution in [-0.2, 0) is 10.0 Å². The number of rotatable bonds is 4. The first-order valence-corrected chi connectivity index (χ1v) is 6.97. The maximum absolute atomic E-state index is 11.9. The number of benzene rings is 1. The highest BCUT2D eigenvalue weighted by molar-refractivity contribution is 7.89. The molecule has 0 radical (unpaired) electrons. The number of amides is 1. The van der Waals surface area contributed by atoms with Crippen LogP contribution in [0.3, 0.4) is 0 Å². The monoisotopic (exact) mass is 300 g/mol. The summed E-state index contributed by atoms with van der Waals surface area (Å²) in [6.07, 6.45) is 1.30. The molecule has 1 amide bonds. The van der Waals surface area contributed by atoms with Crippen molar-refractivity contribution in [2.24, 2.45) is 0 Å². The minimum atomic E-state index is -3.93. The number of furan rings is 1. The van der Waals surface area contributed by atoms with Crippen LogP contribution in [0.25, 0.3) is 0 Å². The molecule has 2 N–H and O–H groups in total. The number of hydrogen-bond donors (Lipinski definition) is 2. The van der Waals surface area contributed by atoms with Crippen molar-refractivity contribution in [2.45, 2.75) is 4.90 Å². The predicted molar refractivity (Wildman–Crippen MR) is 67.9 cm³/mol. The van der Waals surface area contributed by atoms with E-state index in [-0.39, 0.29) is 15.7 Å². The van der Waals surface area contributed by atoms with Crippen molar-refractivity contribution < 1.29 is 17.6 Å². The zero-order valence-corrected chi connectivity index (χ0v) is 11.0. The first-order valence-electron chi connectivity index (χ1n) is 5.11. The third kappa shape index (κ3) is 3.14. The smallest absolute Gasteiger partial charge is 0.301 e. The molecular formula is C11H9ClN2O4S. The number of halogens is 1. The first-order chi connectivity index (χ1) is 9.00. The Morgan fingerprint density at radius 1 is 1.16 bits per heavy atom. The summed E-state index contributed by atoms with van der Waals surface area (Å²) < 4.78 is 28.6. The number of carbonyl (C=O) groups excluding carboxylic acids is 1. The molecule has 0 atom stereocenters. The van der Waals surface area contributed by atoms with Crippen molar-refractivity contribution in [3.05, 3.63) is 53.4 Å². The summed E-state index contributed by atoms with van der Waals surface area (Å²) in [7, 11) is -3.93. The maximum atomic E-state index is 11.9. The van der Waals surface area contributed by atoms with E-state index in [2.05, 4.69) is 0 Å². The van der Waals surface area contributed by atoms with Gasteiger partial charge < -0.3 is 4.42 Å². The highest BCUT2D eigenvalue weighted by Gasteiger charge is 2.19. The summed E-state index contributed by atoms with van der Waals surface area (Å²) in [6.45, 7) is 0. The minimum absolute atomic E-state index is 0.0122. The van der Waals surface area contributed by atoms with Gasteiger partial charge in [0.15, 0.2) is 5.76 Å². The van der Waals surface area contributed by atoms with Crippen molar-refractivity contribution in [3.8, 4) is 0 Å². The van der Waals surface area contributed by atoms with E-state index < -0.39 is 15.9 Å². The second-order valence-electron chi connectivity index (χ2n) is 3.47. The average Bonchev–Trinajstić information content (AvgIpc) is 2.90. The van der Waals surface area contributed by atoms with Gasteiger partial charge in [-0.1, -0.05) is 23.7 Å². The number of carbonyl (C=O) groups is 1. The zero-order chi connectivity index (χ0) is 13.9. The lowest BCUT2D eigenvalue weighted by molar-refractivity contribution is 0.0917. The van der Waals surface area contributed by atoms with Gasteiger partial charge >= 0.3 is 5.91 Å². The van der Waals surface area contributed by atoms with Gasteiger partial charge in [0.2, 0.25) is 0 Å². The van der Waals surface area contributed by atoms with Crippen molar-refractivity contribution in [1.29, 1.82) is 0 Å². The summed E-state index contributed by atoms with van der Waals surface area (Å²) in [5.41, 5.74) is 2.02. The Morgan fingerprint density at radius 3 is 2.53 bits per heavy atom. The molecule has 0 aliphatic heterocycles. The van der Waals surface area contributed by atoms with E-state index >= 15 is 0 Å². The molecule has 2 rings (SSSR count). The summed E-state index contributed by atoms with van der Waals surface area (Å²) >= 11 is 5.77. The van der Waals surface area contributed by atoms with Gasteiger partial charge in [-0.15, -0.1) is 4.83 Å². The number of nitrogens with one attached hydrogen (secondary N) is 2. The van der Waals surface area contributed by atoms with Crippen molar-refractivity contribution >= 4 is 27.5 Å². The predicted octanol–water partition coefficient (Wildman–Crippen LogP) is 1.56. The van der Waals surface area contributed by atoms with Gasteiger partial charge in [-0.05, 0) is 24.3 Å². The standard InChI is InChI=1S/C11H9ClN2O4S/c12-8-4-1-2-6-10(8)19(16,17)14-13-11(15)9-5-3-7-18-9/h1-7,14H,(H,13,15). The molecule has 6 nitrogen and oxygen atoms in total. The highest BCUT2D eigenvalue weighted by atomic mass is 35.5. The Balaban J connectivity index is 2.11. The molecule has 2 aromatic rings. The number of hydrazine groups is 1. The van der Waals surface area contributed by atoms with Crippen LogP contribution < -0.4 is 10.3 Å². The second kappa shape index (κ2) is 5.43. The summed E-state index contributed by atoms with van der Waals surface area (Å²) in [5, 5.41) is 0.0576. The maximum Gasteiger partial charge on any atom is 0.301 e. The molecule has 0 spiro atoms. The molecule has 0 aliphatic carbocycles. The van der Waals surface area contributed by atoms with Crippen LogP contribution in [0.15, 0.2) is 52.0 Å². The molecule has 0 unspecified atom stereocenters. The van der Waals surface area contributed by atoms with Gasteiger partial charge in [0, 0.05) is 0 Å². The molecule has 0 fully saturated rings. The van der Waals surface area contributed by atoms with Crippen molar-refractivity contribution in [1.82, 2.24) is 10.3 Å². The van der Waals surface area contributed by atoms with Crippen LogP contribution in [0.5, 0.6) is 0 Å². The van der Waals surface area contributed by atoms with Gasteiger partial charge in [-0.25, -0.2) is 8.42 Å².